The van der Waals surface area contributed by atoms with E-state index in [0.29, 0.717) is 16.5 Å². The van der Waals surface area contributed by atoms with Crippen LogP contribution >= 0.6 is 11.3 Å². The highest BCUT2D eigenvalue weighted by atomic mass is 32.1. The lowest BCUT2D eigenvalue weighted by Gasteiger charge is -1.97. The first-order valence-electron chi connectivity index (χ1n) is 7.88. The van der Waals surface area contributed by atoms with Gasteiger partial charge in [-0.25, -0.2) is 0 Å². The van der Waals surface area contributed by atoms with Crippen molar-refractivity contribution < 1.29 is 8.98 Å². The van der Waals surface area contributed by atoms with Crippen LogP contribution in [0.4, 0.5) is 0 Å². The van der Waals surface area contributed by atoms with Crippen molar-refractivity contribution in [1.29, 1.82) is 0 Å². The van der Waals surface area contributed by atoms with Gasteiger partial charge < -0.3 is 4.42 Å². The summed E-state index contributed by atoms with van der Waals surface area (Å²) in [5.41, 5.74) is 2.39. The minimum Gasteiger partial charge on any atom is -0.463 e. The van der Waals surface area contributed by atoms with Crippen molar-refractivity contribution in [3.63, 3.8) is 0 Å². The maximum Gasteiger partial charge on any atom is 0.262 e. The van der Waals surface area contributed by atoms with Gasteiger partial charge in [-0.15, -0.1) is 0 Å². The normalized spacial score (nSPS) is 11.7. The first-order chi connectivity index (χ1) is 11.8. The zero-order valence-electron chi connectivity index (χ0n) is 13.2. The van der Waals surface area contributed by atoms with Gasteiger partial charge in [0.15, 0.2) is 5.43 Å². The smallest absolute Gasteiger partial charge is 0.262 e. The fourth-order valence-electron chi connectivity index (χ4n) is 2.87. The molecule has 0 bridgehead atoms. The number of aryl methyl sites for hydroxylation is 1. The van der Waals surface area contributed by atoms with E-state index in [9.17, 15) is 4.79 Å². The minimum atomic E-state index is -0.00254. The molecule has 0 N–H and O–H groups in total. The van der Waals surface area contributed by atoms with Crippen LogP contribution in [-0.4, -0.2) is 0 Å². The number of rotatable bonds is 3. The molecule has 0 saturated carbocycles. The first-order valence-corrected chi connectivity index (χ1v) is 8.69. The van der Waals surface area contributed by atoms with Crippen molar-refractivity contribution >= 4 is 44.7 Å². The van der Waals surface area contributed by atoms with Crippen LogP contribution < -0.4 is 10.00 Å². The average molecular weight is 334 g/mol. The van der Waals surface area contributed by atoms with E-state index in [2.05, 4.69) is 23.6 Å². The van der Waals surface area contributed by atoms with E-state index in [-0.39, 0.29) is 5.43 Å². The lowest BCUT2D eigenvalue weighted by molar-refractivity contribution is -0.665. The maximum absolute atomic E-state index is 12.6. The number of hydrogen-bond donors (Lipinski definition) is 0. The van der Waals surface area contributed by atoms with Crippen molar-refractivity contribution in [1.82, 2.24) is 0 Å². The SMILES string of the molecule is CC[n+]1c(/C=C/c2coc3ccccc3c2=O)sc2ccccc21. The van der Waals surface area contributed by atoms with Gasteiger partial charge in [-0.3, -0.25) is 4.79 Å². The van der Waals surface area contributed by atoms with E-state index in [4.69, 9.17) is 4.42 Å². The summed E-state index contributed by atoms with van der Waals surface area (Å²) in [7, 11) is 0. The molecule has 0 atom stereocenters. The van der Waals surface area contributed by atoms with Crippen molar-refractivity contribution in [3.8, 4) is 0 Å². The third-order valence-electron chi connectivity index (χ3n) is 4.07. The second-order valence-corrected chi connectivity index (χ2v) is 6.56. The van der Waals surface area contributed by atoms with Crippen molar-refractivity contribution in [2.75, 3.05) is 0 Å². The van der Waals surface area contributed by atoms with E-state index in [1.54, 1.807) is 23.5 Å². The molecule has 0 aliphatic carbocycles. The molecule has 0 spiro atoms. The summed E-state index contributed by atoms with van der Waals surface area (Å²) in [4.78, 5) is 12.6. The molecule has 24 heavy (non-hydrogen) atoms. The predicted molar refractivity (Wildman–Crippen MR) is 99.1 cm³/mol. The van der Waals surface area contributed by atoms with Crippen LogP contribution in [0.5, 0.6) is 0 Å². The molecule has 2 aromatic heterocycles. The van der Waals surface area contributed by atoms with Gasteiger partial charge in [0.05, 0.1) is 10.9 Å². The van der Waals surface area contributed by atoms with Gasteiger partial charge in [-0.1, -0.05) is 35.6 Å². The molecular formula is C20H16NO2S+. The highest BCUT2D eigenvalue weighted by Crippen LogP contribution is 2.22. The largest absolute Gasteiger partial charge is 0.463 e. The monoisotopic (exact) mass is 334 g/mol. The van der Waals surface area contributed by atoms with Gasteiger partial charge >= 0.3 is 0 Å². The van der Waals surface area contributed by atoms with Crippen LogP contribution in [-0.2, 0) is 6.54 Å². The lowest BCUT2D eigenvalue weighted by atomic mass is 10.1. The summed E-state index contributed by atoms with van der Waals surface area (Å²) in [5, 5.41) is 1.73. The van der Waals surface area contributed by atoms with Crippen molar-refractivity contribution in [3.05, 3.63) is 75.6 Å². The Morgan fingerprint density at radius 2 is 1.88 bits per heavy atom. The topological polar surface area (TPSA) is 34.1 Å². The number of hydrogen-bond acceptors (Lipinski definition) is 3. The Hall–Kier alpha value is -2.72. The first kappa shape index (κ1) is 14.8. The Morgan fingerprint density at radius 1 is 1.08 bits per heavy atom. The summed E-state index contributed by atoms with van der Waals surface area (Å²) in [6, 6.07) is 15.7. The number of para-hydroxylation sites is 2. The van der Waals surface area contributed by atoms with Gasteiger partial charge in [0.1, 0.15) is 23.1 Å². The van der Waals surface area contributed by atoms with Gasteiger partial charge in [0, 0.05) is 12.1 Å². The molecule has 0 amide bonds. The Labute approximate surface area is 143 Å². The molecule has 2 aromatic carbocycles. The highest BCUT2D eigenvalue weighted by molar-refractivity contribution is 7.18. The predicted octanol–water partition coefficient (Wildman–Crippen LogP) is 4.49. The quantitative estimate of drug-likeness (QED) is 0.518. The van der Waals surface area contributed by atoms with E-state index < -0.39 is 0 Å². The molecule has 0 saturated heterocycles. The van der Waals surface area contributed by atoms with Gasteiger partial charge in [-0.05, 0) is 31.2 Å². The molecule has 0 unspecified atom stereocenters. The van der Waals surface area contributed by atoms with Gasteiger partial charge in [-0.2, -0.15) is 4.57 Å². The molecule has 118 valence electrons. The second-order valence-electron chi connectivity index (χ2n) is 5.50. The third-order valence-corrected chi connectivity index (χ3v) is 5.20. The van der Waals surface area contributed by atoms with Crippen LogP contribution in [0.2, 0.25) is 0 Å². The molecule has 4 rings (SSSR count). The zero-order chi connectivity index (χ0) is 16.5. The number of thiazole rings is 1. The van der Waals surface area contributed by atoms with Crippen LogP contribution in [0.1, 0.15) is 17.5 Å². The maximum atomic E-state index is 12.6. The summed E-state index contributed by atoms with van der Waals surface area (Å²) < 4.78 is 9.06. The Bertz CT molecular complexity index is 1120. The molecular weight excluding hydrogens is 318 g/mol. The summed E-state index contributed by atoms with van der Waals surface area (Å²) in [6.07, 6.45) is 5.37. The van der Waals surface area contributed by atoms with E-state index in [0.717, 1.165) is 11.6 Å². The van der Waals surface area contributed by atoms with Crippen LogP contribution in [0, 0.1) is 0 Å². The molecule has 4 aromatic rings. The molecule has 0 aliphatic rings. The van der Waals surface area contributed by atoms with Crippen molar-refractivity contribution in [2.45, 2.75) is 13.5 Å². The molecule has 0 radical (unpaired) electrons. The van der Waals surface area contributed by atoms with E-state index >= 15 is 0 Å². The molecule has 0 fully saturated rings. The zero-order valence-corrected chi connectivity index (χ0v) is 14.0. The standard InChI is InChI=1S/C20H16NO2S/c1-2-21-16-8-4-6-10-18(16)24-19(21)12-11-14-13-23-17-9-5-3-7-15(17)20(14)22/h3-13H,2H2,1H3/q+1/b12-11+. The second kappa shape index (κ2) is 6.06. The summed E-state index contributed by atoms with van der Waals surface area (Å²) in [5.74, 6) is 0. The number of aromatic nitrogens is 1. The van der Waals surface area contributed by atoms with E-state index in [1.165, 1.54) is 16.5 Å². The third kappa shape index (κ3) is 2.45. The Kier molecular flexibility index (Phi) is 3.75. The fourth-order valence-corrected chi connectivity index (χ4v) is 4.00. The van der Waals surface area contributed by atoms with Crippen LogP contribution in [0.15, 0.2) is 64.0 Å². The van der Waals surface area contributed by atoms with Crippen LogP contribution in [0.25, 0.3) is 33.3 Å². The van der Waals surface area contributed by atoms with Gasteiger partial charge in [0.2, 0.25) is 5.52 Å². The van der Waals surface area contributed by atoms with Crippen molar-refractivity contribution in [2.24, 2.45) is 0 Å². The lowest BCUT2D eigenvalue weighted by Crippen LogP contribution is -2.33. The highest BCUT2D eigenvalue weighted by Gasteiger charge is 2.16. The Balaban J connectivity index is 1.81. The minimum absolute atomic E-state index is 0.00254. The van der Waals surface area contributed by atoms with E-state index in [1.807, 2.05) is 36.4 Å². The summed E-state index contributed by atoms with van der Waals surface area (Å²) in [6.45, 7) is 3.01. The molecule has 4 heteroatoms. The molecule has 2 heterocycles. The number of nitrogens with zero attached hydrogens (tertiary/aromatic N) is 1. The number of benzene rings is 2. The summed E-state index contributed by atoms with van der Waals surface area (Å²) >= 11 is 1.72. The molecule has 0 aliphatic heterocycles. The average Bonchev–Trinajstić information content (AvgIpc) is 2.99. The number of fused-ring (bicyclic) bond motifs is 2. The van der Waals surface area contributed by atoms with Crippen LogP contribution in [0.3, 0.4) is 0 Å². The van der Waals surface area contributed by atoms with Gasteiger partial charge in [0.25, 0.3) is 5.01 Å². The fraction of sp³-hybridized carbons (Fsp3) is 0.100. The molecule has 3 nitrogen and oxygen atoms in total. The Morgan fingerprint density at radius 3 is 2.75 bits per heavy atom.